The number of hydrogen-bond acceptors (Lipinski definition) is 4. The first-order valence-corrected chi connectivity index (χ1v) is 6.06. The molecule has 0 fully saturated rings. The largest absolute Gasteiger partial charge is 0.493 e. The summed E-state index contributed by atoms with van der Waals surface area (Å²) in [5.41, 5.74) is 0.819. The molecular formula is C13H17ClO4. The van der Waals surface area contributed by atoms with Gasteiger partial charge in [-0.25, -0.2) is 0 Å². The van der Waals surface area contributed by atoms with Crippen molar-refractivity contribution in [1.29, 1.82) is 0 Å². The van der Waals surface area contributed by atoms with Crippen LogP contribution in [0, 0.1) is 0 Å². The van der Waals surface area contributed by atoms with E-state index in [2.05, 4.69) is 0 Å². The molecule has 0 N–H and O–H groups in total. The summed E-state index contributed by atoms with van der Waals surface area (Å²) in [7, 11) is 4.63. The Balaban J connectivity index is 3.03. The molecule has 4 nitrogen and oxygen atoms in total. The van der Waals surface area contributed by atoms with Gasteiger partial charge in [-0.3, -0.25) is 4.79 Å². The van der Waals surface area contributed by atoms with Crippen LogP contribution in [0.5, 0.6) is 17.2 Å². The molecule has 0 amide bonds. The van der Waals surface area contributed by atoms with Gasteiger partial charge in [0.2, 0.25) is 5.75 Å². The molecule has 0 aliphatic rings. The van der Waals surface area contributed by atoms with E-state index in [1.165, 1.54) is 0 Å². The van der Waals surface area contributed by atoms with Gasteiger partial charge in [-0.2, -0.15) is 0 Å². The van der Waals surface area contributed by atoms with Gasteiger partial charge in [-0.1, -0.05) is 0 Å². The first kappa shape index (κ1) is 14.6. The van der Waals surface area contributed by atoms with Crippen LogP contribution in [0.2, 0.25) is 0 Å². The van der Waals surface area contributed by atoms with E-state index in [4.69, 9.17) is 25.8 Å². The highest BCUT2D eigenvalue weighted by Crippen LogP contribution is 2.38. The van der Waals surface area contributed by atoms with Gasteiger partial charge in [-0.15, -0.1) is 11.6 Å². The van der Waals surface area contributed by atoms with E-state index in [-0.39, 0.29) is 5.78 Å². The van der Waals surface area contributed by atoms with Crippen LogP contribution in [0.15, 0.2) is 12.1 Å². The SMILES string of the molecule is COc1cc(CC(=O)CCCl)cc(OC)c1OC. The Labute approximate surface area is 112 Å². The van der Waals surface area contributed by atoms with E-state index in [1.807, 2.05) is 0 Å². The smallest absolute Gasteiger partial charge is 0.203 e. The predicted octanol–water partition coefficient (Wildman–Crippen LogP) is 2.45. The zero-order valence-corrected chi connectivity index (χ0v) is 11.5. The zero-order chi connectivity index (χ0) is 13.5. The number of ether oxygens (including phenoxy) is 3. The van der Waals surface area contributed by atoms with Crippen LogP contribution in [-0.4, -0.2) is 33.0 Å². The van der Waals surface area contributed by atoms with Crippen LogP contribution >= 0.6 is 11.6 Å². The maximum absolute atomic E-state index is 11.6. The first-order valence-electron chi connectivity index (χ1n) is 5.52. The summed E-state index contributed by atoms with van der Waals surface area (Å²) in [6.45, 7) is 0. The Bertz CT molecular complexity index is 392. The summed E-state index contributed by atoms with van der Waals surface area (Å²) in [5, 5.41) is 0. The molecule has 0 bridgehead atoms. The number of Topliss-reactive ketones (excluding diaryl/α,β-unsaturated/α-hetero) is 1. The highest BCUT2D eigenvalue weighted by Gasteiger charge is 2.14. The molecule has 0 aliphatic carbocycles. The normalized spacial score (nSPS) is 10.0. The molecule has 100 valence electrons. The standard InChI is InChI=1S/C13H17ClO4/c1-16-11-7-9(6-10(15)4-5-14)8-12(17-2)13(11)18-3/h7-8H,4-6H2,1-3H3. The highest BCUT2D eigenvalue weighted by molar-refractivity contribution is 6.19. The quantitative estimate of drug-likeness (QED) is 0.715. The van der Waals surface area contributed by atoms with E-state index in [9.17, 15) is 4.79 Å². The summed E-state index contributed by atoms with van der Waals surface area (Å²) in [6, 6.07) is 3.54. The number of hydrogen-bond donors (Lipinski definition) is 0. The maximum atomic E-state index is 11.6. The van der Waals surface area contributed by atoms with Gasteiger partial charge >= 0.3 is 0 Å². The third-order valence-corrected chi connectivity index (χ3v) is 2.69. The van der Waals surface area contributed by atoms with Gasteiger partial charge in [-0.05, 0) is 17.7 Å². The van der Waals surface area contributed by atoms with E-state index >= 15 is 0 Å². The van der Waals surface area contributed by atoms with E-state index in [0.717, 1.165) is 5.56 Å². The number of halogens is 1. The minimum atomic E-state index is 0.0827. The monoisotopic (exact) mass is 272 g/mol. The number of carbonyl (C=O) groups is 1. The molecule has 1 aromatic carbocycles. The van der Waals surface area contributed by atoms with Gasteiger partial charge in [0.1, 0.15) is 5.78 Å². The highest BCUT2D eigenvalue weighted by atomic mass is 35.5. The molecule has 0 atom stereocenters. The van der Waals surface area contributed by atoms with Crippen LogP contribution in [0.4, 0.5) is 0 Å². The second kappa shape index (κ2) is 7.11. The minimum absolute atomic E-state index is 0.0827. The van der Waals surface area contributed by atoms with Gasteiger partial charge in [0.05, 0.1) is 21.3 Å². The van der Waals surface area contributed by atoms with Crippen molar-refractivity contribution in [2.75, 3.05) is 27.2 Å². The molecule has 1 aromatic rings. The van der Waals surface area contributed by atoms with Gasteiger partial charge < -0.3 is 14.2 Å². The Morgan fingerprint density at radius 1 is 1.11 bits per heavy atom. The van der Waals surface area contributed by atoms with Crippen molar-refractivity contribution >= 4 is 17.4 Å². The number of carbonyl (C=O) groups excluding carboxylic acids is 1. The lowest BCUT2D eigenvalue weighted by Crippen LogP contribution is -2.04. The summed E-state index contributed by atoms with van der Waals surface area (Å²) in [5.74, 6) is 2.03. The fraction of sp³-hybridized carbons (Fsp3) is 0.462. The molecule has 0 spiro atoms. The lowest BCUT2D eigenvalue weighted by atomic mass is 10.1. The maximum Gasteiger partial charge on any atom is 0.203 e. The molecule has 0 saturated carbocycles. The van der Waals surface area contributed by atoms with Crippen molar-refractivity contribution in [3.8, 4) is 17.2 Å². The van der Waals surface area contributed by atoms with Crippen molar-refractivity contribution in [2.24, 2.45) is 0 Å². The first-order chi connectivity index (χ1) is 8.65. The molecule has 0 unspecified atom stereocenters. The summed E-state index contributed by atoms with van der Waals surface area (Å²) < 4.78 is 15.6. The Hall–Kier alpha value is -1.42. The number of benzene rings is 1. The Morgan fingerprint density at radius 2 is 1.67 bits per heavy atom. The van der Waals surface area contributed by atoms with Gasteiger partial charge in [0.25, 0.3) is 0 Å². The van der Waals surface area contributed by atoms with Crippen LogP contribution in [0.25, 0.3) is 0 Å². The summed E-state index contributed by atoms with van der Waals surface area (Å²) >= 11 is 5.54. The molecule has 5 heteroatoms. The topological polar surface area (TPSA) is 44.8 Å². The van der Waals surface area contributed by atoms with E-state index in [0.29, 0.717) is 36.0 Å². The Kier molecular flexibility index (Phi) is 5.78. The predicted molar refractivity (Wildman–Crippen MR) is 70.1 cm³/mol. The lowest BCUT2D eigenvalue weighted by molar-refractivity contribution is -0.118. The second-order valence-electron chi connectivity index (χ2n) is 3.69. The fourth-order valence-corrected chi connectivity index (χ4v) is 1.87. The van der Waals surface area contributed by atoms with Gasteiger partial charge in [0.15, 0.2) is 11.5 Å². The van der Waals surface area contributed by atoms with Gasteiger partial charge in [0, 0.05) is 18.7 Å². The fourth-order valence-electron chi connectivity index (χ4n) is 1.66. The average Bonchev–Trinajstić information content (AvgIpc) is 2.37. The average molecular weight is 273 g/mol. The van der Waals surface area contributed by atoms with Crippen LogP contribution in [-0.2, 0) is 11.2 Å². The molecule has 1 rings (SSSR count). The van der Waals surface area contributed by atoms with Crippen molar-refractivity contribution in [2.45, 2.75) is 12.8 Å². The summed E-state index contributed by atoms with van der Waals surface area (Å²) in [4.78, 5) is 11.6. The van der Waals surface area contributed by atoms with E-state index in [1.54, 1.807) is 33.5 Å². The number of alkyl halides is 1. The number of methoxy groups -OCH3 is 3. The molecular weight excluding hydrogens is 256 g/mol. The van der Waals surface area contributed by atoms with Crippen molar-refractivity contribution in [1.82, 2.24) is 0 Å². The second-order valence-corrected chi connectivity index (χ2v) is 4.07. The number of ketones is 1. The molecule has 0 aromatic heterocycles. The van der Waals surface area contributed by atoms with Crippen LogP contribution < -0.4 is 14.2 Å². The molecule has 0 radical (unpaired) electrons. The Morgan fingerprint density at radius 3 is 2.06 bits per heavy atom. The third-order valence-electron chi connectivity index (χ3n) is 2.50. The van der Waals surface area contributed by atoms with Crippen LogP contribution in [0.3, 0.4) is 0 Å². The van der Waals surface area contributed by atoms with Crippen LogP contribution in [0.1, 0.15) is 12.0 Å². The van der Waals surface area contributed by atoms with Crippen molar-refractivity contribution in [3.05, 3.63) is 17.7 Å². The van der Waals surface area contributed by atoms with E-state index < -0.39 is 0 Å². The molecule has 0 aliphatic heterocycles. The number of rotatable bonds is 7. The summed E-state index contributed by atoms with van der Waals surface area (Å²) in [6.07, 6.45) is 0.668. The molecule has 18 heavy (non-hydrogen) atoms. The zero-order valence-electron chi connectivity index (χ0n) is 10.8. The third kappa shape index (κ3) is 3.53. The minimum Gasteiger partial charge on any atom is -0.493 e. The van der Waals surface area contributed by atoms with Crippen molar-refractivity contribution in [3.63, 3.8) is 0 Å². The van der Waals surface area contributed by atoms with Crippen molar-refractivity contribution < 1.29 is 19.0 Å². The molecule has 0 saturated heterocycles. The lowest BCUT2D eigenvalue weighted by Gasteiger charge is -2.13. The molecule has 0 heterocycles.